The zero-order chi connectivity index (χ0) is 13.2. The Balaban J connectivity index is 2.67. The molecule has 1 aliphatic rings. The quantitative estimate of drug-likeness (QED) is 0.773. The van der Waals surface area contributed by atoms with E-state index in [9.17, 15) is 9.59 Å². The van der Waals surface area contributed by atoms with Crippen LogP contribution in [0, 0.1) is 17.3 Å². The van der Waals surface area contributed by atoms with E-state index in [2.05, 4.69) is 6.92 Å². The maximum atomic E-state index is 12.2. The van der Waals surface area contributed by atoms with Crippen molar-refractivity contribution in [1.82, 2.24) is 4.90 Å². The van der Waals surface area contributed by atoms with Gasteiger partial charge in [-0.2, -0.15) is 0 Å². The number of carboxylic acid groups (broad SMARTS) is 1. The van der Waals surface area contributed by atoms with Gasteiger partial charge < -0.3 is 10.0 Å². The number of nitrogens with zero attached hydrogens (tertiary/aromatic N) is 1. The minimum Gasteiger partial charge on any atom is -0.481 e. The van der Waals surface area contributed by atoms with Crippen LogP contribution in [-0.2, 0) is 9.59 Å². The van der Waals surface area contributed by atoms with E-state index in [0.717, 1.165) is 19.4 Å². The monoisotopic (exact) mass is 241 g/mol. The number of aliphatic carboxylic acids is 1. The van der Waals surface area contributed by atoms with Crippen molar-refractivity contribution in [2.75, 3.05) is 13.1 Å². The summed E-state index contributed by atoms with van der Waals surface area (Å²) < 4.78 is 0. The van der Waals surface area contributed by atoms with Crippen molar-refractivity contribution in [3.8, 4) is 0 Å². The standard InChI is InChI=1S/C13H23NO3/c1-5-7-8-14(6-2)11(15)9-10(12(16)17)13(9,3)4/h9-10H,5-8H2,1-4H3,(H,16,17)/t9-,10+/m1/s1. The fourth-order valence-corrected chi connectivity index (χ4v) is 2.53. The van der Waals surface area contributed by atoms with E-state index in [1.165, 1.54) is 0 Å². The van der Waals surface area contributed by atoms with E-state index in [-0.39, 0.29) is 17.2 Å². The van der Waals surface area contributed by atoms with Gasteiger partial charge in [0.2, 0.25) is 5.91 Å². The average molecular weight is 241 g/mol. The molecule has 1 amide bonds. The minimum absolute atomic E-state index is 0.0124. The van der Waals surface area contributed by atoms with E-state index < -0.39 is 11.9 Å². The van der Waals surface area contributed by atoms with Crippen molar-refractivity contribution >= 4 is 11.9 Å². The zero-order valence-corrected chi connectivity index (χ0v) is 11.2. The molecule has 0 heterocycles. The van der Waals surface area contributed by atoms with Crippen LogP contribution in [0.2, 0.25) is 0 Å². The molecule has 17 heavy (non-hydrogen) atoms. The Morgan fingerprint density at radius 3 is 2.18 bits per heavy atom. The molecule has 1 rings (SSSR count). The number of hydrogen-bond donors (Lipinski definition) is 1. The van der Waals surface area contributed by atoms with Crippen LogP contribution < -0.4 is 0 Å². The second-order valence-corrected chi connectivity index (χ2v) is 5.39. The van der Waals surface area contributed by atoms with E-state index in [0.29, 0.717) is 6.54 Å². The largest absolute Gasteiger partial charge is 0.481 e. The minimum atomic E-state index is -0.847. The molecule has 0 radical (unpaired) electrons. The fourth-order valence-electron chi connectivity index (χ4n) is 2.53. The molecular weight excluding hydrogens is 218 g/mol. The first-order chi connectivity index (χ1) is 7.87. The molecule has 0 aliphatic heterocycles. The molecule has 0 aromatic heterocycles. The van der Waals surface area contributed by atoms with Gasteiger partial charge in [0.05, 0.1) is 11.8 Å². The number of carbonyl (C=O) groups excluding carboxylic acids is 1. The molecular formula is C13H23NO3. The second-order valence-electron chi connectivity index (χ2n) is 5.39. The maximum absolute atomic E-state index is 12.2. The first-order valence-corrected chi connectivity index (χ1v) is 6.39. The molecule has 1 aliphatic carbocycles. The summed E-state index contributed by atoms with van der Waals surface area (Å²) in [6.45, 7) is 9.16. The van der Waals surface area contributed by atoms with Crippen LogP contribution >= 0.6 is 0 Å². The van der Waals surface area contributed by atoms with Crippen LogP contribution in [0.1, 0.15) is 40.5 Å². The van der Waals surface area contributed by atoms with Gasteiger partial charge in [-0.3, -0.25) is 9.59 Å². The van der Waals surface area contributed by atoms with Gasteiger partial charge in [-0.05, 0) is 18.8 Å². The van der Waals surface area contributed by atoms with Gasteiger partial charge in [0, 0.05) is 13.1 Å². The lowest BCUT2D eigenvalue weighted by Gasteiger charge is -2.21. The molecule has 4 heteroatoms. The highest BCUT2D eigenvalue weighted by Crippen LogP contribution is 2.59. The third kappa shape index (κ3) is 2.61. The summed E-state index contributed by atoms with van der Waals surface area (Å²) in [6.07, 6.45) is 2.02. The van der Waals surface area contributed by atoms with Crippen LogP contribution in [0.4, 0.5) is 0 Å². The second kappa shape index (κ2) is 5.07. The van der Waals surface area contributed by atoms with Crippen molar-refractivity contribution < 1.29 is 14.7 Å². The molecule has 0 spiro atoms. The maximum Gasteiger partial charge on any atom is 0.307 e. The highest BCUT2D eigenvalue weighted by Gasteiger charge is 2.66. The van der Waals surface area contributed by atoms with Crippen molar-refractivity contribution in [2.45, 2.75) is 40.5 Å². The lowest BCUT2D eigenvalue weighted by atomic mass is 10.1. The lowest BCUT2D eigenvalue weighted by molar-refractivity contribution is -0.142. The summed E-state index contributed by atoms with van der Waals surface area (Å²) in [5.41, 5.74) is -0.386. The number of hydrogen-bond acceptors (Lipinski definition) is 2. The summed E-state index contributed by atoms with van der Waals surface area (Å²) >= 11 is 0. The Bertz CT molecular complexity index is 312. The first-order valence-electron chi connectivity index (χ1n) is 6.39. The summed E-state index contributed by atoms with van der Waals surface area (Å²) in [7, 11) is 0. The Labute approximate surface area is 103 Å². The summed E-state index contributed by atoms with van der Waals surface area (Å²) in [5.74, 6) is -1.68. The molecule has 1 saturated carbocycles. The Morgan fingerprint density at radius 2 is 1.82 bits per heavy atom. The van der Waals surface area contributed by atoms with Crippen molar-refractivity contribution in [1.29, 1.82) is 0 Å². The van der Waals surface area contributed by atoms with E-state index in [1.54, 1.807) is 4.90 Å². The van der Waals surface area contributed by atoms with E-state index >= 15 is 0 Å². The Morgan fingerprint density at radius 1 is 1.24 bits per heavy atom. The SMILES string of the molecule is CCCCN(CC)C(=O)[C@H]1[C@@H](C(=O)O)C1(C)C. The highest BCUT2D eigenvalue weighted by molar-refractivity contribution is 5.91. The van der Waals surface area contributed by atoms with Crippen LogP contribution in [0.25, 0.3) is 0 Å². The summed E-state index contributed by atoms with van der Waals surface area (Å²) in [4.78, 5) is 25.1. The van der Waals surface area contributed by atoms with Gasteiger partial charge in [0.25, 0.3) is 0 Å². The number of unbranched alkanes of at least 4 members (excludes halogenated alkanes) is 1. The third-order valence-corrected chi connectivity index (χ3v) is 3.83. The van der Waals surface area contributed by atoms with Gasteiger partial charge in [0.1, 0.15) is 0 Å². The van der Waals surface area contributed by atoms with Gasteiger partial charge in [-0.1, -0.05) is 27.2 Å². The van der Waals surface area contributed by atoms with Gasteiger partial charge in [-0.25, -0.2) is 0 Å². The van der Waals surface area contributed by atoms with Gasteiger partial charge in [0.15, 0.2) is 0 Å². The molecule has 98 valence electrons. The fraction of sp³-hybridized carbons (Fsp3) is 0.846. The van der Waals surface area contributed by atoms with E-state index in [1.807, 2.05) is 20.8 Å². The van der Waals surface area contributed by atoms with Gasteiger partial charge in [-0.15, -0.1) is 0 Å². The summed E-state index contributed by atoms with van der Waals surface area (Å²) in [6, 6.07) is 0. The molecule has 1 fully saturated rings. The summed E-state index contributed by atoms with van der Waals surface area (Å²) in [5, 5.41) is 9.07. The number of amides is 1. The first kappa shape index (κ1) is 14.0. The average Bonchev–Trinajstić information content (AvgIpc) is 2.82. The van der Waals surface area contributed by atoms with Crippen LogP contribution in [0.5, 0.6) is 0 Å². The van der Waals surface area contributed by atoms with Crippen molar-refractivity contribution in [3.63, 3.8) is 0 Å². The number of carboxylic acids is 1. The van der Waals surface area contributed by atoms with Gasteiger partial charge >= 0.3 is 5.97 Å². The molecule has 4 nitrogen and oxygen atoms in total. The smallest absolute Gasteiger partial charge is 0.307 e. The van der Waals surface area contributed by atoms with Crippen LogP contribution in [0.3, 0.4) is 0 Å². The van der Waals surface area contributed by atoms with Crippen molar-refractivity contribution in [3.05, 3.63) is 0 Å². The van der Waals surface area contributed by atoms with Crippen LogP contribution in [-0.4, -0.2) is 35.0 Å². The Kier molecular flexibility index (Phi) is 4.17. The normalized spacial score (nSPS) is 25.4. The molecule has 0 aromatic rings. The molecule has 1 N–H and O–H groups in total. The molecule has 0 saturated heterocycles. The third-order valence-electron chi connectivity index (χ3n) is 3.83. The lowest BCUT2D eigenvalue weighted by Crippen LogP contribution is -2.34. The Hall–Kier alpha value is -1.06. The molecule has 0 unspecified atom stereocenters. The zero-order valence-electron chi connectivity index (χ0n) is 11.2. The predicted octanol–water partition coefficient (Wildman–Crippen LogP) is 1.99. The number of carbonyl (C=O) groups is 2. The molecule has 2 atom stereocenters. The predicted molar refractivity (Wildman–Crippen MR) is 65.6 cm³/mol. The van der Waals surface area contributed by atoms with Crippen LogP contribution in [0.15, 0.2) is 0 Å². The topological polar surface area (TPSA) is 57.6 Å². The molecule has 0 aromatic carbocycles. The highest BCUT2D eigenvalue weighted by atomic mass is 16.4. The van der Waals surface area contributed by atoms with E-state index in [4.69, 9.17) is 5.11 Å². The van der Waals surface area contributed by atoms with Crippen molar-refractivity contribution in [2.24, 2.45) is 17.3 Å². The number of rotatable bonds is 6. The molecule has 0 bridgehead atoms.